The van der Waals surface area contributed by atoms with E-state index >= 15 is 0 Å². The molecule has 0 amide bonds. The number of para-hydroxylation sites is 1. The quantitative estimate of drug-likeness (QED) is 0.259. The number of ether oxygens (including phenoxy) is 1. The largest absolute Gasteiger partial charge is 0.465 e. The van der Waals surface area contributed by atoms with Gasteiger partial charge in [0.1, 0.15) is 5.56 Å². The molecule has 9 heteroatoms. The van der Waals surface area contributed by atoms with Gasteiger partial charge < -0.3 is 30.2 Å². The van der Waals surface area contributed by atoms with Crippen molar-refractivity contribution in [2.75, 3.05) is 50.2 Å². The summed E-state index contributed by atoms with van der Waals surface area (Å²) in [5.41, 5.74) is 11.2. The predicted octanol–water partition coefficient (Wildman–Crippen LogP) is 5.11. The highest BCUT2D eigenvalue weighted by atomic mass is 16.5. The molecule has 4 aromatic rings. The maximum Gasteiger partial charge on any atom is 0.343 e. The Bertz CT molecular complexity index is 1470. The molecule has 1 saturated heterocycles. The Morgan fingerprint density at radius 1 is 1.32 bits per heavy atom. The molecule has 1 aliphatic heterocycles. The number of nitrogens with zero attached hydrogens (tertiary/aromatic N) is 5. The van der Waals surface area contributed by atoms with Crippen molar-refractivity contribution in [3.63, 3.8) is 0 Å². The highest BCUT2D eigenvalue weighted by Crippen LogP contribution is 2.32. The number of benzene rings is 2. The van der Waals surface area contributed by atoms with E-state index in [2.05, 4.69) is 40.3 Å². The number of aryl methyl sites for hydroxylation is 1. The zero-order chi connectivity index (χ0) is 30.1. The maximum atomic E-state index is 12.5. The van der Waals surface area contributed by atoms with Gasteiger partial charge in [0.05, 0.1) is 24.0 Å². The summed E-state index contributed by atoms with van der Waals surface area (Å²) >= 11 is 0. The lowest BCUT2D eigenvalue weighted by Crippen LogP contribution is -2.36. The second kappa shape index (κ2) is 10.1. The number of hydrogen-bond donors (Lipinski definition) is 2. The molecule has 0 saturated carbocycles. The maximum absolute atomic E-state index is 12.5. The van der Waals surface area contributed by atoms with Crippen LogP contribution in [0.25, 0.3) is 16.7 Å². The number of likely N-dealkylation sites (N-methyl/N-ethyl adjacent to an activating group) is 2. The number of esters is 1. The van der Waals surface area contributed by atoms with Crippen molar-refractivity contribution < 1.29 is 16.9 Å². The molecular weight excluding hydrogens is 466 g/mol. The van der Waals surface area contributed by atoms with Crippen LogP contribution >= 0.6 is 0 Å². The topological polar surface area (TPSA) is 102 Å². The Labute approximate surface area is 224 Å². The van der Waals surface area contributed by atoms with E-state index < -0.39 is 5.97 Å². The van der Waals surface area contributed by atoms with Gasteiger partial charge in [-0.05, 0) is 68.6 Å². The summed E-state index contributed by atoms with van der Waals surface area (Å²) in [6, 6.07) is 14.4. The predicted molar refractivity (Wildman–Crippen MR) is 154 cm³/mol. The van der Waals surface area contributed by atoms with Gasteiger partial charge in [-0.25, -0.2) is 9.78 Å². The van der Waals surface area contributed by atoms with Crippen molar-refractivity contribution in [2.45, 2.75) is 25.8 Å². The Kier molecular flexibility index (Phi) is 6.04. The summed E-state index contributed by atoms with van der Waals surface area (Å²) < 4.78 is 26.9. The fourth-order valence-electron chi connectivity index (χ4n) is 5.06. The zero-order valence-corrected chi connectivity index (χ0v) is 21.7. The van der Waals surface area contributed by atoms with Gasteiger partial charge in [-0.1, -0.05) is 18.2 Å². The van der Waals surface area contributed by atoms with Crippen molar-refractivity contribution >= 4 is 39.9 Å². The molecule has 1 aliphatic rings. The van der Waals surface area contributed by atoms with Crippen LogP contribution in [0.15, 0.2) is 54.9 Å². The first-order valence-electron chi connectivity index (χ1n) is 14.5. The average molecular weight is 516 g/mol. The third-order valence-electron chi connectivity index (χ3n) is 7.19. The van der Waals surface area contributed by atoms with Crippen LogP contribution in [0, 0.1) is 6.92 Å². The van der Waals surface area contributed by atoms with Crippen molar-refractivity contribution in [1.82, 2.24) is 19.4 Å². The van der Waals surface area contributed by atoms with Crippen molar-refractivity contribution in [2.24, 2.45) is 0 Å². The van der Waals surface area contributed by atoms with Crippen LogP contribution in [0.5, 0.6) is 0 Å². The number of aromatic nitrogens is 3. The van der Waals surface area contributed by atoms with Gasteiger partial charge in [0.15, 0.2) is 5.82 Å². The van der Waals surface area contributed by atoms with E-state index in [0.717, 1.165) is 40.9 Å². The van der Waals surface area contributed by atoms with E-state index in [0.29, 0.717) is 23.5 Å². The van der Waals surface area contributed by atoms with Crippen LogP contribution in [-0.4, -0.2) is 65.7 Å². The number of fused-ring (bicyclic) bond motifs is 1. The van der Waals surface area contributed by atoms with Crippen LogP contribution in [-0.2, 0) is 4.74 Å². The molecule has 0 spiro atoms. The molecule has 1 fully saturated rings. The van der Waals surface area contributed by atoms with Gasteiger partial charge in [0.25, 0.3) is 0 Å². The van der Waals surface area contributed by atoms with Gasteiger partial charge in [0, 0.05) is 45.1 Å². The monoisotopic (exact) mass is 515 g/mol. The van der Waals surface area contributed by atoms with E-state index in [9.17, 15) is 4.79 Å². The number of likely N-dealkylation sites (tertiary alicyclic amines) is 1. The molecule has 3 N–H and O–H groups in total. The number of carbonyl (C=O) groups is 1. The number of nitrogen functional groups attached to an aromatic ring is 1. The Morgan fingerprint density at radius 2 is 2.14 bits per heavy atom. The average Bonchev–Trinajstić information content (AvgIpc) is 3.62. The Balaban J connectivity index is 0.00000118. The molecule has 0 radical (unpaired) electrons. The molecule has 2 aromatic carbocycles. The number of carbonyl (C=O) groups excluding carboxylic acids is 1. The summed E-state index contributed by atoms with van der Waals surface area (Å²) in [6.45, 7) is 4.11. The Hall–Kier alpha value is -4.11. The third kappa shape index (κ3) is 4.82. The second-order valence-corrected chi connectivity index (χ2v) is 9.68. The van der Waals surface area contributed by atoms with Crippen LogP contribution in [0.1, 0.15) is 36.1 Å². The molecule has 0 bridgehead atoms. The minimum atomic E-state index is -0.500. The number of anilines is 4. The smallest absolute Gasteiger partial charge is 0.343 e. The standard InChI is InChI=1S/C28H33N7O2.3H2/c1-18-14-25(34(3)17-20-9-7-12-33(20)2)22(29)15-23(18)31-28-30-16-21(27(36)37-4)26(32-28)35-13-11-19-8-5-6-10-24(19)35;;;/h5-6,8,10-11,13-16,20H,7,9,12,17,29H2,1-4H3,(H,30,31,32);3*1H/t20-;;;/m1.../s1/i;2*1+2T;1+2. The zero-order valence-electron chi connectivity index (χ0n) is 25.7. The summed E-state index contributed by atoms with van der Waals surface area (Å²) in [6.07, 6.45) is 5.82. The fraction of sp³-hybridized carbons (Fsp3) is 0.321. The number of nitrogens with two attached hydrogens (primary N) is 1. The molecule has 9 nitrogen and oxygen atoms in total. The minimum absolute atomic E-state index is 0. The highest BCUT2D eigenvalue weighted by molar-refractivity contribution is 5.94. The van der Waals surface area contributed by atoms with Gasteiger partial charge in [-0.2, -0.15) is 4.98 Å². The summed E-state index contributed by atoms with van der Waals surface area (Å²) in [4.78, 5) is 26.3. The van der Waals surface area contributed by atoms with Crippen LogP contribution in [0.2, 0.25) is 0 Å². The van der Waals surface area contributed by atoms with E-state index in [1.807, 2.05) is 54.1 Å². The van der Waals surface area contributed by atoms with Crippen molar-refractivity contribution in [3.8, 4) is 5.82 Å². The summed E-state index contributed by atoms with van der Waals surface area (Å²) in [5, 5.41) is 4.34. The van der Waals surface area contributed by atoms with Gasteiger partial charge in [0.2, 0.25) is 5.95 Å². The molecule has 3 heterocycles. The lowest BCUT2D eigenvalue weighted by atomic mass is 10.1. The molecule has 1 atom stereocenters. The highest BCUT2D eigenvalue weighted by Gasteiger charge is 2.23. The minimum Gasteiger partial charge on any atom is -0.465 e. The first-order chi connectivity index (χ1) is 19.9. The SMILES string of the molecule is COC(=O)c1cnc(Nc2cc(N)c(N(C)C[C@H]3CCCN3C)cc2C)nc1-n1ccc2ccccc21.[3HH].[3H][3H].[3H][3H]. The van der Waals surface area contributed by atoms with E-state index in [1.165, 1.54) is 26.1 Å². The van der Waals surface area contributed by atoms with Crippen LogP contribution in [0.4, 0.5) is 23.0 Å². The number of nitrogens with one attached hydrogen (secondary N) is 1. The normalized spacial score (nSPS) is 16.2. The van der Waals surface area contributed by atoms with Gasteiger partial charge in [-0.15, -0.1) is 0 Å². The van der Waals surface area contributed by atoms with Crippen molar-refractivity contribution in [1.29, 1.82) is 0 Å². The molecule has 0 unspecified atom stereocenters. The molecule has 2 aromatic heterocycles. The summed E-state index contributed by atoms with van der Waals surface area (Å²) in [5.74, 6) is 0.296. The van der Waals surface area contributed by atoms with Crippen LogP contribution < -0.4 is 16.0 Å². The number of methoxy groups -OCH3 is 1. The molecule has 37 heavy (non-hydrogen) atoms. The van der Waals surface area contributed by atoms with Gasteiger partial charge in [-0.3, -0.25) is 0 Å². The molecule has 5 rings (SSSR count). The molecule has 198 valence electrons. The lowest BCUT2D eigenvalue weighted by molar-refractivity contribution is 0.0600. The number of hydrogen-bond acceptors (Lipinski definition) is 8. The third-order valence-corrected chi connectivity index (χ3v) is 7.19. The number of rotatable bonds is 7. The van der Waals surface area contributed by atoms with Crippen LogP contribution in [0.3, 0.4) is 0 Å². The van der Waals surface area contributed by atoms with E-state index in [-0.39, 0.29) is 6.99 Å². The molecule has 0 aliphatic carbocycles. The lowest BCUT2D eigenvalue weighted by Gasteiger charge is -2.29. The second-order valence-electron chi connectivity index (χ2n) is 9.68. The first kappa shape index (κ1) is 22.1. The van der Waals surface area contributed by atoms with E-state index in [1.54, 1.807) is 0 Å². The molecular formula is C28H39N7O2. The first-order valence-corrected chi connectivity index (χ1v) is 12.5. The fourth-order valence-corrected chi connectivity index (χ4v) is 5.06. The summed E-state index contributed by atoms with van der Waals surface area (Å²) in [7, 11) is 5.62. The van der Waals surface area contributed by atoms with Crippen molar-refractivity contribution in [3.05, 3.63) is 66.0 Å². The Morgan fingerprint density at radius 3 is 2.89 bits per heavy atom. The van der Waals surface area contributed by atoms with Gasteiger partial charge >= 0.3 is 5.97 Å². The van der Waals surface area contributed by atoms with E-state index in [4.69, 9.17) is 21.4 Å².